The predicted molar refractivity (Wildman–Crippen MR) is 132 cm³/mol. The van der Waals surface area contributed by atoms with E-state index in [2.05, 4.69) is 22.3 Å². The summed E-state index contributed by atoms with van der Waals surface area (Å²) >= 11 is 0. The molecule has 0 radical (unpaired) electrons. The number of carbonyl (C=O) groups is 1. The number of hydrogen-bond donors (Lipinski definition) is 1. The van der Waals surface area contributed by atoms with Crippen LogP contribution < -0.4 is 14.8 Å². The van der Waals surface area contributed by atoms with Crippen LogP contribution in [0.1, 0.15) is 59.5 Å². The van der Waals surface area contributed by atoms with E-state index in [1.807, 2.05) is 42.5 Å². The summed E-state index contributed by atoms with van der Waals surface area (Å²) in [4.78, 5) is 15.0. The van der Waals surface area contributed by atoms with Crippen LogP contribution in [0.15, 0.2) is 65.1 Å². The highest BCUT2D eigenvalue weighted by Crippen LogP contribution is 2.28. The van der Waals surface area contributed by atoms with Gasteiger partial charge in [0.1, 0.15) is 5.76 Å². The molecule has 0 aliphatic heterocycles. The molecule has 1 saturated carbocycles. The van der Waals surface area contributed by atoms with Gasteiger partial charge in [0.25, 0.3) is 5.91 Å². The first-order chi connectivity index (χ1) is 16.6. The van der Waals surface area contributed by atoms with Crippen molar-refractivity contribution >= 4 is 5.91 Å². The van der Waals surface area contributed by atoms with Crippen LogP contribution in [-0.2, 0) is 19.6 Å². The van der Waals surface area contributed by atoms with Gasteiger partial charge < -0.3 is 19.2 Å². The molecule has 1 aromatic heterocycles. The number of amides is 1. The Kier molecular flexibility index (Phi) is 8.26. The maximum absolute atomic E-state index is 12.7. The largest absolute Gasteiger partial charge is 0.493 e. The summed E-state index contributed by atoms with van der Waals surface area (Å²) in [5.41, 5.74) is 2.32. The van der Waals surface area contributed by atoms with Gasteiger partial charge in [-0.3, -0.25) is 9.69 Å². The summed E-state index contributed by atoms with van der Waals surface area (Å²) in [5, 5.41) is 3.13. The van der Waals surface area contributed by atoms with E-state index in [0.717, 1.165) is 30.7 Å². The molecule has 1 heterocycles. The average Bonchev–Trinajstić information content (AvgIpc) is 3.34. The fourth-order valence-electron chi connectivity index (χ4n) is 4.56. The molecule has 0 unspecified atom stereocenters. The van der Waals surface area contributed by atoms with Crippen molar-refractivity contribution in [1.29, 1.82) is 0 Å². The molecule has 2 aromatic carbocycles. The van der Waals surface area contributed by atoms with Gasteiger partial charge in [-0.05, 0) is 48.2 Å². The zero-order valence-electron chi connectivity index (χ0n) is 20.1. The fourth-order valence-corrected chi connectivity index (χ4v) is 4.56. The molecule has 1 aliphatic carbocycles. The first-order valence-electron chi connectivity index (χ1n) is 12.0. The lowest BCUT2D eigenvalue weighted by Crippen LogP contribution is -2.35. The SMILES string of the molecule is COc1ccc(CN(Cc2ccccc2)Cc2ccc(C(=O)NC3CCCCC3)o2)cc1OC. The number of methoxy groups -OCH3 is 2. The fraction of sp³-hybridized carbons (Fsp3) is 0.393. The van der Waals surface area contributed by atoms with Gasteiger partial charge in [-0.15, -0.1) is 0 Å². The number of nitrogens with zero attached hydrogens (tertiary/aromatic N) is 1. The third-order valence-corrected chi connectivity index (χ3v) is 6.31. The molecular weight excluding hydrogens is 428 g/mol. The molecule has 0 bridgehead atoms. The minimum Gasteiger partial charge on any atom is -0.493 e. The van der Waals surface area contributed by atoms with Crippen LogP contribution >= 0.6 is 0 Å². The van der Waals surface area contributed by atoms with Gasteiger partial charge in [0.15, 0.2) is 17.3 Å². The van der Waals surface area contributed by atoms with E-state index >= 15 is 0 Å². The molecule has 1 amide bonds. The van der Waals surface area contributed by atoms with E-state index in [0.29, 0.717) is 30.3 Å². The Bertz CT molecular complexity index is 1060. The van der Waals surface area contributed by atoms with Crippen molar-refractivity contribution in [2.45, 2.75) is 57.8 Å². The number of carbonyl (C=O) groups excluding carboxylic acids is 1. The summed E-state index contributed by atoms with van der Waals surface area (Å²) in [6, 6.07) is 20.3. The maximum Gasteiger partial charge on any atom is 0.287 e. The molecular formula is C28H34N2O4. The van der Waals surface area contributed by atoms with Crippen LogP contribution in [0.2, 0.25) is 0 Å². The zero-order valence-corrected chi connectivity index (χ0v) is 20.1. The number of rotatable bonds is 10. The van der Waals surface area contributed by atoms with Crippen LogP contribution in [0.5, 0.6) is 11.5 Å². The van der Waals surface area contributed by atoms with Gasteiger partial charge >= 0.3 is 0 Å². The molecule has 6 nitrogen and oxygen atoms in total. The smallest absolute Gasteiger partial charge is 0.287 e. The van der Waals surface area contributed by atoms with Crippen molar-refractivity contribution in [3.05, 3.63) is 83.3 Å². The standard InChI is InChI=1S/C28H34N2O4/c1-32-25-15-13-22(17-27(25)33-2)19-30(18-21-9-5-3-6-10-21)20-24-14-16-26(34-24)28(31)29-23-11-7-4-8-12-23/h3,5-6,9-10,13-17,23H,4,7-8,11-12,18-20H2,1-2H3,(H,29,31). The summed E-state index contributed by atoms with van der Waals surface area (Å²) in [6.45, 7) is 2.03. The molecule has 6 heteroatoms. The van der Waals surface area contributed by atoms with Crippen LogP contribution in [-0.4, -0.2) is 31.1 Å². The summed E-state index contributed by atoms with van der Waals surface area (Å²) in [5.74, 6) is 2.45. The second-order valence-electron chi connectivity index (χ2n) is 8.89. The van der Waals surface area contributed by atoms with Crippen molar-refractivity contribution < 1.29 is 18.7 Å². The van der Waals surface area contributed by atoms with Crippen LogP contribution in [0.25, 0.3) is 0 Å². The molecule has 4 rings (SSSR count). The molecule has 0 atom stereocenters. The van der Waals surface area contributed by atoms with Crippen LogP contribution in [0.3, 0.4) is 0 Å². The van der Waals surface area contributed by atoms with E-state index in [1.165, 1.54) is 24.8 Å². The second kappa shape index (κ2) is 11.7. The third-order valence-electron chi connectivity index (χ3n) is 6.31. The summed E-state index contributed by atoms with van der Waals surface area (Å²) in [7, 11) is 3.28. The Balaban J connectivity index is 1.47. The van der Waals surface area contributed by atoms with Gasteiger partial charge in [0.05, 0.1) is 20.8 Å². The number of hydrogen-bond acceptors (Lipinski definition) is 5. The van der Waals surface area contributed by atoms with E-state index < -0.39 is 0 Å². The van der Waals surface area contributed by atoms with E-state index in [-0.39, 0.29) is 11.9 Å². The molecule has 1 fully saturated rings. The highest BCUT2D eigenvalue weighted by atomic mass is 16.5. The van der Waals surface area contributed by atoms with Crippen molar-refractivity contribution in [1.82, 2.24) is 10.2 Å². The lowest BCUT2D eigenvalue weighted by Gasteiger charge is -2.22. The van der Waals surface area contributed by atoms with Crippen molar-refractivity contribution in [2.24, 2.45) is 0 Å². The molecule has 1 N–H and O–H groups in total. The van der Waals surface area contributed by atoms with Crippen molar-refractivity contribution in [3.63, 3.8) is 0 Å². The second-order valence-corrected chi connectivity index (χ2v) is 8.89. The molecule has 34 heavy (non-hydrogen) atoms. The minimum atomic E-state index is -0.118. The number of furan rings is 1. The Morgan fingerprint density at radius 2 is 1.62 bits per heavy atom. The van der Waals surface area contributed by atoms with Gasteiger partial charge in [0.2, 0.25) is 0 Å². The van der Waals surface area contributed by atoms with E-state index in [1.54, 1.807) is 20.3 Å². The average molecular weight is 463 g/mol. The van der Waals surface area contributed by atoms with Gasteiger partial charge in [-0.2, -0.15) is 0 Å². The summed E-state index contributed by atoms with van der Waals surface area (Å²) in [6.07, 6.45) is 5.72. The Labute approximate surface area is 201 Å². The normalized spacial score (nSPS) is 14.2. The lowest BCUT2D eigenvalue weighted by molar-refractivity contribution is 0.0895. The number of nitrogens with one attached hydrogen (secondary N) is 1. The van der Waals surface area contributed by atoms with Gasteiger partial charge in [-0.1, -0.05) is 55.7 Å². The molecule has 3 aromatic rings. The quantitative estimate of drug-likeness (QED) is 0.427. The highest BCUT2D eigenvalue weighted by Gasteiger charge is 2.20. The molecule has 0 saturated heterocycles. The number of ether oxygens (including phenoxy) is 2. The highest BCUT2D eigenvalue weighted by molar-refractivity contribution is 5.91. The Morgan fingerprint density at radius 3 is 2.35 bits per heavy atom. The lowest BCUT2D eigenvalue weighted by atomic mass is 9.95. The van der Waals surface area contributed by atoms with E-state index in [4.69, 9.17) is 13.9 Å². The third kappa shape index (κ3) is 6.41. The van der Waals surface area contributed by atoms with E-state index in [9.17, 15) is 4.79 Å². The topological polar surface area (TPSA) is 63.9 Å². The maximum atomic E-state index is 12.7. The molecule has 180 valence electrons. The zero-order chi connectivity index (χ0) is 23.8. The number of benzene rings is 2. The monoisotopic (exact) mass is 462 g/mol. The minimum absolute atomic E-state index is 0.118. The first kappa shape index (κ1) is 23.9. The van der Waals surface area contributed by atoms with Crippen molar-refractivity contribution in [2.75, 3.05) is 14.2 Å². The molecule has 0 spiro atoms. The van der Waals surface area contributed by atoms with Crippen molar-refractivity contribution in [3.8, 4) is 11.5 Å². The van der Waals surface area contributed by atoms with Crippen LogP contribution in [0.4, 0.5) is 0 Å². The van der Waals surface area contributed by atoms with Gasteiger partial charge in [0, 0.05) is 19.1 Å². The Hall–Kier alpha value is -3.25. The van der Waals surface area contributed by atoms with Gasteiger partial charge in [-0.25, -0.2) is 0 Å². The molecule has 1 aliphatic rings. The first-order valence-corrected chi connectivity index (χ1v) is 12.0. The predicted octanol–water partition coefficient (Wildman–Crippen LogP) is 5.56. The summed E-state index contributed by atoms with van der Waals surface area (Å²) < 4.78 is 16.8. The van der Waals surface area contributed by atoms with Crippen LogP contribution in [0, 0.1) is 0 Å². The Morgan fingerprint density at radius 1 is 0.882 bits per heavy atom.